The van der Waals surface area contributed by atoms with Crippen LogP contribution in [0.3, 0.4) is 0 Å². The predicted octanol–water partition coefficient (Wildman–Crippen LogP) is 2.36. The van der Waals surface area contributed by atoms with E-state index >= 15 is 0 Å². The molecule has 0 saturated heterocycles. The van der Waals surface area contributed by atoms with Crippen molar-refractivity contribution >= 4 is 12.0 Å². The molecule has 0 aliphatic heterocycles. The number of rotatable bonds is 4. The third-order valence-electron chi connectivity index (χ3n) is 2.49. The largest absolute Gasteiger partial charge is 0.481 e. The lowest BCUT2D eigenvalue weighted by Gasteiger charge is -2.32. The van der Waals surface area contributed by atoms with Crippen LogP contribution in [0.1, 0.15) is 54.4 Å². The summed E-state index contributed by atoms with van der Waals surface area (Å²) in [6, 6.07) is -0.427. The van der Waals surface area contributed by atoms with Crippen LogP contribution < -0.4 is 10.6 Å². The highest BCUT2D eigenvalue weighted by molar-refractivity contribution is 5.75. The zero-order chi connectivity index (χ0) is 14.6. The number of carboxylic acids is 1. The van der Waals surface area contributed by atoms with E-state index < -0.39 is 5.97 Å². The van der Waals surface area contributed by atoms with Crippen LogP contribution >= 0.6 is 0 Å². The molecule has 0 aromatic carbocycles. The van der Waals surface area contributed by atoms with Crippen molar-refractivity contribution < 1.29 is 14.7 Å². The van der Waals surface area contributed by atoms with Crippen molar-refractivity contribution in [1.29, 1.82) is 0 Å². The maximum absolute atomic E-state index is 11.8. The van der Waals surface area contributed by atoms with Gasteiger partial charge in [-0.3, -0.25) is 4.79 Å². The van der Waals surface area contributed by atoms with Crippen LogP contribution in [0.15, 0.2) is 0 Å². The summed E-state index contributed by atoms with van der Waals surface area (Å²) >= 11 is 0. The number of urea groups is 1. The molecule has 106 valence electrons. The van der Waals surface area contributed by atoms with Gasteiger partial charge in [-0.05, 0) is 32.6 Å². The summed E-state index contributed by atoms with van der Waals surface area (Å²) in [7, 11) is 0. The van der Waals surface area contributed by atoms with Gasteiger partial charge in [-0.25, -0.2) is 4.79 Å². The zero-order valence-corrected chi connectivity index (χ0v) is 12.3. The third-order valence-corrected chi connectivity index (χ3v) is 2.49. The highest BCUT2D eigenvalue weighted by Crippen LogP contribution is 2.23. The highest BCUT2D eigenvalue weighted by Gasteiger charge is 2.27. The Hall–Kier alpha value is -1.26. The standard InChI is InChI=1S/C13H26N2O3/c1-12(2,3)9(7-8-10(16)17)14-11(18)15-13(4,5)6/h9H,7-8H2,1-6H3,(H,16,17)(H2,14,15,18)/t9-/m0/s1. The Labute approximate surface area is 109 Å². The van der Waals surface area contributed by atoms with Crippen LogP contribution in [0.2, 0.25) is 0 Å². The average Bonchev–Trinajstić information content (AvgIpc) is 2.06. The summed E-state index contributed by atoms with van der Waals surface area (Å²) in [5.41, 5.74) is -0.482. The van der Waals surface area contributed by atoms with E-state index in [1.165, 1.54) is 0 Å². The van der Waals surface area contributed by atoms with Gasteiger partial charge < -0.3 is 15.7 Å². The minimum atomic E-state index is -0.845. The predicted molar refractivity (Wildman–Crippen MR) is 71.5 cm³/mol. The van der Waals surface area contributed by atoms with Gasteiger partial charge in [0.05, 0.1) is 0 Å². The fraction of sp³-hybridized carbons (Fsp3) is 0.846. The first-order valence-corrected chi connectivity index (χ1v) is 6.22. The summed E-state index contributed by atoms with van der Waals surface area (Å²) in [5, 5.41) is 14.4. The molecule has 5 nitrogen and oxygen atoms in total. The van der Waals surface area contributed by atoms with E-state index in [0.717, 1.165) is 0 Å². The number of hydrogen-bond donors (Lipinski definition) is 3. The molecule has 0 aliphatic rings. The maximum Gasteiger partial charge on any atom is 0.315 e. The van der Waals surface area contributed by atoms with Gasteiger partial charge in [0.1, 0.15) is 0 Å². The van der Waals surface area contributed by atoms with Crippen LogP contribution in [0.5, 0.6) is 0 Å². The first kappa shape index (κ1) is 16.7. The molecule has 2 amide bonds. The molecule has 18 heavy (non-hydrogen) atoms. The van der Waals surface area contributed by atoms with Crippen LogP contribution in [-0.2, 0) is 4.79 Å². The minimum absolute atomic E-state index is 0.0533. The summed E-state index contributed by atoms with van der Waals surface area (Å²) in [5.74, 6) is -0.845. The van der Waals surface area contributed by atoms with E-state index in [1.54, 1.807) is 0 Å². The summed E-state index contributed by atoms with van der Waals surface area (Å²) in [4.78, 5) is 22.4. The fourth-order valence-corrected chi connectivity index (χ4v) is 1.52. The van der Waals surface area contributed by atoms with Gasteiger partial charge >= 0.3 is 12.0 Å². The van der Waals surface area contributed by atoms with Crippen molar-refractivity contribution in [2.45, 2.75) is 66.0 Å². The van der Waals surface area contributed by atoms with E-state index in [-0.39, 0.29) is 29.4 Å². The molecule has 0 heterocycles. The maximum atomic E-state index is 11.8. The number of nitrogens with one attached hydrogen (secondary N) is 2. The third kappa shape index (κ3) is 7.92. The van der Waals surface area contributed by atoms with E-state index in [2.05, 4.69) is 10.6 Å². The number of carbonyl (C=O) groups excluding carboxylic acids is 1. The van der Waals surface area contributed by atoms with Crippen molar-refractivity contribution in [2.24, 2.45) is 5.41 Å². The second kappa shape index (κ2) is 6.07. The number of aliphatic carboxylic acids is 1. The van der Waals surface area contributed by atoms with E-state index in [9.17, 15) is 9.59 Å². The fourth-order valence-electron chi connectivity index (χ4n) is 1.52. The van der Waals surface area contributed by atoms with Crippen molar-refractivity contribution in [2.75, 3.05) is 0 Å². The minimum Gasteiger partial charge on any atom is -0.481 e. The molecule has 0 aromatic rings. The molecule has 0 saturated carbocycles. The van der Waals surface area contributed by atoms with Gasteiger partial charge in [-0.15, -0.1) is 0 Å². The molecule has 1 atom stereocenters. The van der Waals surface area contributed by atoms with E-state index in [4.69, 9.17) is 5.11 Å². The van der Waals surface area contributed by atoms with Crippen molar-refractivity contribution in [3.05, 3.63) is 0 Å². The van der Waals surface area contributed by atoms with Gasteiger partial charge in [0.2, 0.25) is 0 Å². The smallest absolute Gasteiger partial charge is 0.315 e. The lowest BCUT2D eigenvalue weighted by atomic mass is 9.84. The number of carbonyl (C=O) groups is 2. The molecule has 0 spiro atoms. The van der Waals surface area contributed by atoms with Gasteiger partial charge in [0.15, 0.2) is 0 Å². The molecule has 0 radical (unpaired) electrons. The highest BCUT2D eigenvalue weighted by atomic mass is 16.4. The summed E-state index contributed by atoms with van der Waals surface area (Å²) in [6.45, 7) is 11.6. The molecule has 0 fully saturated rings. The normalized spacial score (nSPS) is 13.9. The van der Waals surface area contributed by atoms with Crippen LogP contribution in [0, 0.1) is 5.41 Å². The van der Waals surface area contributed by atoms with E-state index in [1.807, 2.05) is 41.5 Å². The molecular formula is C13H26N2O3. The second-order valence-electron chi connectivity index (χ2n) is 6.70. The lowest BCUT2D eigenvalue weighted by Crippen LogP contribution is -2.52. The molecule has 0 aliphatic carbocycles. The summed E-state index contributed by atoms with van der Waals surface area (Å²) in [6.07, 6.45) is 0.480. The Bertz CT molecular complexity index is 300. The Morgan fingerprint density at radius 3 is 1.94 bits per heavy atom. The lowest BCUT2D eigenvalue weighted by molar-refractivity contribution is -0.137. The van der Waals surface area contributed by atoms with Crippen LogP contribution in [-0.4, -0.2) is 28.7 Å². The molecule has 0 unspecified atom stereocenters. The Morgan fingerprint density at radius 1 is 1.11 bits per heavy atom. The van der Waals surface area contributed by atoms with Gasteiger partial charge in [-0.1, -0.05) is 20.8 Å². The average molecular weight is 258 g/mol. The Morgan fingerprint density at radius 2 is 1.61 bits per heavy atom. The van der Waals surface area contributed by atoms with Gasteiger partial charge in [0.25, 0.3) is 0 Å². The van der Waals surface area contributed by atoms with Crippen LogP contribution in [0.4, 0.5) is 4.79 Å². The number of amides is 2. The molecule has 0 rings (SSSR count). The Kier molecular flexibility index (Phi) is 5.64. The van der Waals surface area contributed by atoms with Gasteiger partial charge in [-0.2, -0.15) is 0 Å². The monoisotopic (exact) mass is 258 g/mol. The topological polar surface area (TPSA) is 78.4 Å². The first-order valence-electron chi connectivity index (χ1n) is 6.22. The first-order chi connectivity index (χ1) is 7.92. The molecule has 3 N–H and O–H groups in total. The van der Waals surface area contributed by atoms with Crippen LogP contribution in [0.25, 0.3) is 0 Å². The molecule has 0 aromatic heterocycles. The molecule has 0 bridgehead atoms. The van der Waals surface area contributed by atoms with E-state index in [0.29, 0.717) is 6.42 Å². The quantitative estimate of drug-likeness (QED) is 0.724. The van der Waals surface area contributed by atoms with Crippen molar-refractivity contribution in [3.8, 4) is 0 Å². The second-order valence-corrected chi connectivity index (χ2v) is 6.70. The Balaban J connectivity index is 4.51. The number of carboxylic acid groups (broad SMARTS) is 1. The van der Waals surface area contributed by atoms with Gasteiger partial charge in [0, 0.05) is 18.0 Å². The number of hydrogen-bond acceptors (Lipinski definition) is 2. The van der Waals surface area contributed by atoms with Crippen molar-refractivity contribution in [3.63, 3.8) is 0 Å². The SMILES string of the molecule is CC(C)(C)NC(=O)N[C@@H](CCC(=O)O)C(C)(C)C. The van der Waals surface area contributed by atoms with Crippen molar-refractivity contribution in [1.82, 2.24) is 10.6 Å². The zero-order valence-electron chi connectivity index (χ0n) is 12.3. The molecular weight excluding hydrogens is 232 g/mol. The summed E-state index contributed by atoms with van der Waals surface area (Å²) < 4.78 is 0. The molecule has 5 heteroatoms.